The average Bonchev–Trinajstić information content (AvgIpc) is 1.35. The van der Waals surface area contributed by atoms with Crippen LogP contribution < -0.4 is 0 Å². The van der Waals surface area contributed by atoms with Crippen molar-refractivity contribution in [2.75, 3.05) is 0 Å². The van der Waals surface area contributed by atoms with Gasteiger partial charge in [0.25, 0.3) is 10.1 Å². The van der Waals surface area contributed by atoms with Crippen LogP contribution in [0.3, 0.4) is 0 Å². The van der Waals surface area contributed by atoms with Gasteiger partial charge in [0.05, 0.1) is 5.41 Å². The molecule has 0 aliphatic rings. The van der Waals surface area contributed by atoms with Crippen molar-refractivity contribution in [3.8, 4) is 0 Å². The Morgan fingerprint density at radius 3 is 1.71 bits per heavy atom. The first kappa shape index (κ1) is 10.5. The summed E-state index contributed by atoms with van der Waals surface area (Å²) in [5.41, 5.74) is 0. The second-order valence-corrected chi connectivity index (χ2v) is 2.04. The fourth-order valence-electron chi connectivity index (χ4n) is 0. The van der Waals surface area contributed by atoms with Crippen molar-refractivity contribution >= 4 is 36.7 Å². The molecule has 0 aliphatic heterocycles. The van der Waals surface area contributed by atoms with Crippen molar-refractivity contribution in [1.29, 1.82) is 0 Å². The summed E-state index contributed by atoms with van der Waals surface area (Å²) in [5, 5.41) is 0.465. The van der Waals surface area contributed by atoms with Crippen LogP contribution in [-0.4, -0.2) is 39.5 Å². The normalized spacial score (nSPS) is 9.29. The quantitative estimate of drug-likeness (QED) is 0.638. The first-order chi connectivity index (χ1) is 2.56. The SMILES string of the molecule is C=CS(=O)(=O)O.[PoH2]. The summed E-state index contributed by atoms with van der Waals surface area (Å²) in [6, 6.07) is 0. The van der Waals surface area contributed by atoms with Crippen LogP contribution >= 0.6 is 0 Å². The summed E-state index contributed by atoms with van der Waals surface area (Å²) in [7, 11) is -3.90. The minimum atomic E-state index is -3.90. The van der Waals surface area contributed by atoms with E-state index in [0.717, 1.165) is 0 Å². The average molecular weight is 319 g/mol. The van der Waals surface area contributed by atoms with Crippen molar-refractivity contribution in [2.24, 2.45) is 0 Å². The molecular weight excluding hydrogens is 313 g/mol. The Balaban J connectivity index is 0. The molecule has 0 saturated carbocycles. The van der Waals surface area contributed by atoms with E-state index in [2.05, 4.69) is 6.58 Å². The van der Waals surface area contributed by atoms with Gasteiger partial charge in [0.1, 0.15) is 0 Å². The van der Waals surface area contributed by atoms with E-state index in [4.69, 9.17) is 4.55 Å². The van der Waals surface area contributed by atoms with Crippen molar-refractivity contribution in [2.45, 2.75) is 0 Å². The molecular formula is C2H6O3PoS. The van der Waals surface area contributed by atoms with Gasteiger partial charge in [-0.3, -0.25) is 4.55 Å². The molecule has 0 amide bonds. The van der Waals surface area contributed by atoms with Crippen molar-refractivity contribution in [3.63, 3.8) is 0 Å². The molecule has 0 saturated heterocycles. The Labute approximate surface area is 61.6 Å². The zero-order valence-corrected chi connectivity index (χ0v) is 8.16. The Bertz CT molecular complexity index is 123. The van der Waals surface area contributed by atoms with Gasteiger partial charge in [-0.2, -0.15) is 8.42 Å². The van der Waals surface area contributed by atoms with Crippen LogP contribution in [0.4, 0.5) is 0 Å². The van der Waals surface area contributed by atoms with Gasteiger partial charge >= 0.3 is 26.6 Å². The van der Waals surface area contributed by atoms with E-state index >= 15 is 0 Å². The van der Waals surface area contributed by atoms with Crippen molar-refractivity contribution in [3.05, 3.63) is 12.0 Å². The molecule has 3 nitrogen and oxygen atoms in total. The fraction of sp³-hybridized carbons (Fsp3) is 0. The van der Waals surface area contributed by atoms with Gasteiger partial charge in [0.2, 0.25) is 0 Å². The van der Waals surface area contributed by atoms with Crippen LogP contribution in [0, 0.1) is 0 Å². The molecule has 0 atom stereocenters. The van der Waals surface area contributed by atoms with Gasteiger partial charge < -0.3 is 0 Å². The standard InChI is InChI=1S/C2H4O3S.Po.2H/c1-2-6(3,4)5;;;/h2H,1H2,(H,3,4,5);;;. The van der Waals surface area contributed by atoms with Crippen LogP contribution in [0.15, 0.2) is 12.0 Å². The monoisotopic (exact) mass is 319 g/mol. The minimum absolute atomic E-state index is 0. The van der Waals surface area contributed by atoms with E-state index < -0.39 is 10.1 Å². The zero-order chi connectivity index (χ0) is 5.21. The predicted molar refractivity (Wildman–Crippen MR) is 30.3 cm³/mol. The van der Waals surface area contributed by atoms with Gasteiger partial charge in [-0.05, 0) is 0 Å². The van der Waals surface area contributed by atoms with E-state index in [0.29, 0.717) is 5.41 Å². The fourth-order valence-corrected chi connectivity index (χ4v) is 0. The van der Waals surface area contributed by atoms with Crippen LogP contribution in [0.5, 0.6) is 0 Å². The van der Waals surface area contributed by atoms with Crippen LogP contribution in [0.2, 0.25) is 0 Å². The van der Waals surface area contributed by atoms with Gasteiger partial charge in [-0.25, -0.2) is 0 Å². The molecule has 0 rings (SSSR count). The molecule has 0 bridgehead atoms. The molecule has 1 N–H and O–H groups in total. The molecule has 0 spiro atoms. The van der Waals surface area contributed by atoms with E-state index in [1.165, 1.54) is 0 Å². The Kier molecular flexibility index (Phi) is 5.31. The van der Waals surface area contributed by atoms with Gasteiger partial charge in [0.15, 0.2) is 0 Å². The predicted octanol–water partition coefficient (Wildman–Crippen LogP) is -0.899. The third-order valence-corrected chi connectivity index (χ3v) is 0.632. The second kappa shape index (κ2) is 3.54. The molecule has 0 heterocycles. The van der Waals surface area contributed by atoms with Crippen LogP contribution in [-0.2, 0) is 10.1 Å². The van der Waals surface area contributed by atoms with E-state index in [9.17, 15) is 8.42 Å². The van der Waals surface area contributed by atoms with E-state index in [1.807, 2.05) is 0 Å². The third kappa shape index (κ3) is 10.8. The Hall–Kier alpha value is 0.546. The zero-order valence-electron chi connectivity index (χ0n) is 3.46. The third-order valence-electron chi connectivity index (χ3n) is 0.211. The molecule has 7 heavy (non-hydrogen) atoms. The van der Waals surface area contributed by atoms with Gasteiger partial charge in [0, 0.05) is 0 Å². The number of hydrogen-bond donors (Lipinski definition) is 1. The Morgan fingerprint density at radius 2 is 1.71 bits per heavy atom. The molecule has 0 aromatic heterocycles. The van der Waals surface area contributed by atoms with Crippen LogP contribution in [0.25, 0.3) is 0 Å². The maximum atomic E-state index is 9.44. The van der Waals surface area contributed by atoms with E-state index in [-0.39, 0.29) is 26.6 Å². The molecule has 0 aromatic rings. The molecule has 0 radical (unpaired) electrons. The summed E-state index contributed by atoms with van der Waals surface area (Å²) in [5.74, 6) is 0. The summed E-state index contributed by atoms with van der Waals surface area (Å²) in [4.78, 5) is 0. The first-order valence-electron chi connectivity index (χ1n) is 1.16. The topological polar surface area (TPSA) is 54.4 Å². The summed E-state index contributed by atoms with van der Waals surface area (Å²) in [6.07, 6.45) is 0. The first-order valence-corrected chi connectivity index (χ1v) is 2.66. The molecule has 0 aliphatic carbocycles. The molecule has 0 unspecified atom stereocenters. The molecule has 5 heteroatoms. The second-order valence-electron chi connectivity index (χ2n) is 0.682. The number of rotatable bonds is 1. The summed E-state index contributed by atoms with van der Waals surface area (Å²) >= 11 is 0. The molecule has 0 fully saturated rings. The van der Waals surface area contributed by atoms with Gasteiger partial charge in [-0.15, -0.1) is 0 Å². The number of hydrogen-bond acceptors (Lipinski definition) is 2. The van der Waals surface area contributed by atoms with Crippen molar-refractivity contribution < 1.29 is 13.0 Å². The van der Waals surface area contributed by atoms with Crippen LogP contribution in [0.1, 0.15) is 0 Å². The molecule has 44 valence electrons. The Morgan fingerprint density at radius 1 is 1.57 bits per heavy atom. The van der Waals surface area contributed by atoms with E-state index in [1.54, 1.807) is 0 Å². The maximum absolute atomic E-state index is 9.44. The van der Waals surface area contributed by atoms with Gasteiger partial charge in [-0.1, -0.05) is 6.58 Å². The molecule has 0 aromatic carbocycles. The van der Waals surface area contributed by atoms with Crippen molar-refractivity contribution in [1.82, 2.24) is 0 Å². The summed E-state index contributed by atoms with van der Waals surface area (Å²) < 4.78 is 26.6. The summed E-state index contributed by atoms with van der Waals surface area (Å²) in [6.45, 7) is 2.79.